The van der Waals surface area contributed by atoms with Gasteiger partial charge in [0.15, 0.2) is 0 Å². The molecule has 0 aliphatic heterocycles. The molecule has 2 rings (SSSR count). The molecular weight excluding hydrogens is 198 g/mol. The molecule has 0 saturated heterocycles. The van der Waals surface area contributed by atoms with Crippen molar-refractivity contribution in [2.45, 2.75) is 0 Å². The van der Waals surface area contributed by atoms with Crippen LogP contribution in [0.3, 0.4) is 0 Å². The summed E-state index contributed by atoms with van der Waals surface area (Å²) in [6.45, 7) is 0. The van der Waals surface area contributed by atoms with E-state index in [1.807, 2.05) is 60.7 Å². The van der Waals surface area contributed by atoms with Crippen LogP contribution in [-0.2, 0) is 0 Å². The predicted octanol–water partition coefficient (Wildman–Crippen LogP) is 0.825. The minimum Gasteiger partial charge on any atom is -0.290 e. The first-order valence-electron chi connectivity index (χ1n) is 5.11. The van der Waals surface area contributed by atoms with Crippen LogP contribution in [0.1, 0.15) is 0 Å². The maximum Gasteiger partial charge on any atom is 0.350 e. The molecule has 0 aliphatic carbocycles. The molecule has 3 heteroatoms. The molecule has 4 N–H and O–H groups in total. The Balaban J connectivity index is 2.09. The van der Waals surface area contributed by atoms with Crippen molar-refractivity contribution in [1.29, 1.82) is 0 Å². The number of hydrogen-bond acceptors (Lipinski definition) is 0. The number of nitrogens with one attached hydrogen (secondary N) is 2. The topological polar surface area (TPSA) is 52.0 Å². The first-order valence-corrected chi connectivity index (χ1v) is 5.11. The van der Waals surface area contributed by atoms with Crippen molar-refractivity contribution in [1.82, 2.24) is 0 Å². The highest BCUT2D eigenvalue weighted by molar-refractivity contribution is 5.88. The molecule has 0 unspecified atom stereocenters. The van der Waals surface area contributed by atoms with Crippen LogP contribution in [0.4, 0.5) is 11.4 Å². The van der Waals surface area contributed by atoms with Crippen molar-refractivity contribution in [3.63, 3.8) is 0 Å². The molecule has 0 bridgehead atoms. The minimum atomic E-state index is 0.511. The second-order valence-corrected chi connectivity index (χ2v) is 3.40. The molecule has 0 amide bonds. The SMILES string of the molecule is NC(Nc1ccccc1)=[NH+]c1ccccc1. The summed E-state index contributed by atoms with van der Waals surface area (Å²) < 4.78 is 0. The maximum absolute atomic E-state index is 5.83. The molecule has 0 aliphatic rings. The van der Waals surface area contributed by atoms with E-state index in [0.717, 1.165) is 11.4 Å². The van der Waals surface area contributed by atoms with Gasteiger partial charge in [0.25, 0.3) is 0 Å². The van der Waals surface area contributed by atoms with Gasteiger partial charge in [-0.1, -0.05) is 36.4 Å². The number of rotatable bonds is 2. The predicted molar refractivity (Wildman–Crippen MR) is 66.3 cm³/mol. The molecule has 0 fully saturated rings. The summed E-state index contributed by atoms with van der Waals surface area (Å²) in [7, 11) is 0. The highest BCUT2D eigenvalue weighted by atomic mass is 15.1. The van der Waals surface area contributed by atoms with Crippen molar-refractivity contribution < 1.29 is 4.99 Å². The molecule has 0 atom stereocenters. The zero-order valence-corrected chi connectivity index (χ0v) is 8.85. The van der Waals surface area contributed by atoms with E-state index in [1.54, 1.807) is 0 Å². The highest BCUT2D eigenvalue weighted by Gasteiger charge is 2.00. The zero-order chi connectivity index (χ0) is 11.2. The molecule has 0 saturated carbocycles. The lowest BCUT2D eigenvalue weighted by Gasteiger charge is -1.98. The van der Waals surface area contributed by atoms with E-state index in [0.29, 0.717) is 5.96 Å². The summed E-state index contributed by atoms with van der Waals surface area (Å²) >= 11 is 0. The van der Waals surface area contributed by atoms with Crippen molar-refractivity contribution in [2.75, 3.05) is 5.32 Å². The Morgan fingerprint density at radius 1 is 0.875 bits per heavy atom. The van der Waals surface area contributed by atoms with Crippen molar-refractivity contribution in [2.24, 2.45) is 5.73 Å². The van der Waals surface area contributed by atoms with E-state index >= 15 is 0 Å². The van der Waals surface area contributed by atoms with Gasteiger partial charge in [-0.3, -0.25) is 5.73 Å². The monoisotopic (exact) mass is 212 g/mol. The molecule has 0 heterocycles. The second kappa shape index (κ2) is 4.98. The van der Waals surface area contributed by atoms with E-state index in [2.05, 4.69) is 10.3 Å². The van der Waals surface area contributed by atoms with Crippen LogP contribution < -0.4 is 16.0 Å². The average Bonchev–Trinajstić information content (AvgIpc) is 2.31. The summed E-state index contributed by atoms with van der Waals surface area (Å²) in [5, 5.41) is 3.07. The lowest BCUT2D eigenvalue weighted by atomic mass is 10.3. The van der Waals surface area contributed by atoms with Crippen LogP contribution in [0.5, 0.6) is 0 Å². The Hall–Kier alpha value is -2.29. The van der Waals surface area contributed by atoms with Crippen LogP contribution in [0.2, 0.25) is 0 Å². The highest BCUT2D eigenvalue weighted by Crippen LogP contribution is 2.03. The Kier molecular flexibility index (Phi) is 3.18. The number of para-hydroxylation sites is 2. The van der Waals surface area contributed by atoms with Crippen LogP contribution >= 0.6 is 0 Å². The molecule has 0 spiro atoms. The fourth-order valence-electron chi connectivity index (χ4n) is 1.39. The number of benzene rings is 2. The molecule has 0 radical (unpaired) electrons. The van der Waals surface area contributed by atoms with E-state index < -0.39 is 0 Å². The van der Waals surface area contributed by atoms with Crippen molar-refractivity contribution in [3.05, 3.63) is 60.7 Å². The van der Waals surface area contributed by atoms with Gasteiger partial charge in [0, 0.05) is 0 Å². The van der Waals surface area contributed by atoms with Gasteiger partial charge in [-0.15, -0.1) is 0 Å². The summed E-state index contributed by atoms with van der Waals surface area (Å²) in [4.78, 5) is 3.07. The lowest BCUT2D eigenvalue weighted by Crippen LogP contribution is -2.71. The van der Waals surface area contributed by atoms with E-state index in [9.17, 15) is 0 Å². The molecule has 80 valence electrons. The molecule has 3 nitrogen and oxygen atoms in total. The van der Waals surface area contributed by atoms with E-state index in [4.69, 9.17) is 5.73 Å². The molecule has 16 heavy (non-hydrogen) atoms. The van der Waals surface area contributed by atoms with Crippen molar-refractivity contribution in [3.8, 4) is 0 Å². The third-order valence-electron chi connectivity index (χ3n) is 2.11. The van der Waals surface area contributed by atoms with E-state index in [1.165, 1.54) is 0 Å². The Morgan fingerprint density at radius 3 is 2.06 bits per heavy atom. The fraction of sp³-hybridized carbons (Fsp3) is 0. The Morgan fingerprint density at radius 2 is 1.44 bits per heavy atom. The molecule has 2 aromatic carbocycles. The van der Waals surface area contributed by atoms with E-state index in [-0.39, 0.29) is 0 Å². The number of anilines is 1. The smallest absolute Gasteiger partial charge is 0.290 e. The van der Waals surface area contributed by atoms with Gasteiger partial charge in [-0.05, 0) is 24.3 Å². The third kappa shape index (κ3) is 2.85. The molecule has 2 aromatic rings. The number of guanidine groups is 1. The lowest BCUT2D eigenvalue weighted by molar-refractivity contribution is -0.354. The minimum absolute atomic E-state index is 0.511. The average molecular weight is 212 g/mol. The van der Waals surface area contributed by atoms with Gasteiger partial charge in [0.2, 0.25) is 0 Å². The van der Waals surface area contributed by atoms with Gasteiger partial charge in [-0.2, -0.15) is 0 Å². The van der Waals surface area contributed by atoms with Gasteiger partial charge in [0.1, 0.15) is 0 Å². The van der Waals surface area contributed by atoms with Crippen LogP contribution in [-0.4, -0.2) is 5.96 Å². The summed E-state index contributed by atoms with van der Waals surface area (Å²) in [6.07, 6.45) is 0. The quantitative estimate of drug-likeness (QED) is 0.510. The normalized spacial score (nSPS) is 11.1. The van der Waals surface area contributed by atoms with Crippen LogP contribution in [0.25, 0.3) is 0 Å². The first kappa shape index (κ1) is 10.2. The standard InChI is InChI=1S/C13H13N3/c14-13(15-11-7-3-1-4-8-11)16-12-9-5-2-6-10-12/h1-10H,(H3,14,15,16)/p+1. The van der Waals surface area contributed by atoms with Crippen LogP contribution in [0.15, 0.2) is 60.7 Å². The second-order valence-electron chi connectivity index (χ2n) is 3.40. The van der Waals surface area contributed by atoms with Crippen LogP contribution in [0, 0.1) is 0 Å². The fourth-order valence-corrected chi connectivity index (χ4v) is 1.39. The van der Waals surface area contributed by atoms with Gasteiger partial charge < -0.3 is 0 Å². The largest absolute Gasteiger partial charge is 0.350 e. The summed E-state index contributed by atoms with van der Waals surface area (Å²) in [5.41, 5.74) is 7.76. The molecule has 0 aromatic heterocycles. The van der Waals surface area contributed by atoms with Gasteiger partial charge >= 0.3 is 5.96 Å². The zero-order valence-electron chi connectivity index (χ0n) is 8.85. The third-order valence-corrected chi connectivity index (χ3v) is 2.11. The van der Waals surface area contributed by atoms with Gasteiger partial charge in [-0.25, -0.2) is 10.3 Å². The molecular formula is C13H14N3+. The first-order chi connectivity index (χ1) is 7.84. The van der Waals surface area contributed by atoms with Crippen molar-refractivity contribution >= 4 is 17.3 Å². The summed E-state index contributed by atoms with van der Waals surface area (Å²) in [5.74, 6) is 0.511. The Bertz CT molecular complexity index is 463. The number of hydrogen-bond donors (Lipinski definition) is 3. The number of nitrogens with two attached hydrogens (primary N) is 1. The summed E-state index contributed by atoms with van der Waals surface area (Å²) in [6, 6.07) is 19.6. The maximum atomic E-state index is 5.83. The Labute approximate surface area is 94.6 Å². The van der Waals surface area contributed by atoms with Gasteiger partial charge in [0.05, 0.1) is 11.4 Å².